The number of fused-ring (bicyclic) bond motifs is 1. The summed E-state index contributed by atoms with van der Waals surface area (Å²) in [6.45, 7) is 1.77. The Morgan fingerprint density at radius 2 is 2.04 bits per heavy atom. The SMILES string of the molecule is COC(=O)CCCc1cn(-c2ccc(F)c(C)c2)c2ccc(I)cc12. The van der Waals surface area contributed by atoms with Crippen LogP contribution in [0.25, 0.3) is 16.6 Å². The molecule has 130 valence electrons. The lowest BCUT2D eigenvalue weighted by Crippen LogP contribution is -2.00. The molecule has 0 radical (unpaired) electrons. The van der Waals surface area contributed by atoms with Gasteiger partial charge in [-0.15, -0.1) is 0 Å². The van der Waals surface area contributed by atoms with Crippen LogP contribution in [0, 0.1) is 16.3 Å². The topological polar surface area (TPSA) is 31.2 Å². The number of ether oxygens (including phenoxy) is 1. The molecule has 0 saturated carbocycles. The minimum atomic E-state index is -0.201. The van der Waals surface area contributed by atoms with Crippen molar-refractivity contribution in [3.63, 3.8) is 0 Å². The molecule has 3 rings (SSSR count). The van der Waals surface area contributed by atoms with Gasteiger partial charge in [-0.05, 0) is 89.9 Å². The molecule has 0 amide bonds. The second kappa shape index (κ2) is 7.56. The van der Waals surface area contributed by atoms with Gasteiger partial charge in [-0.1, -0.05) is 0 Å². The van der Waals surface area contributed by atoms with Crippen molar-refractivity contribution in [2.75, 3.05) is 7.11 Å². The van der Waals surface area contributed by atoms with Crippen LogP contribution in [0.5, 0.6) is 0 Å². The Labute approximate surface area is 159 Å². The van der Waals surface area contributed by atoms with Gasteiger partial charge in [-0.25, -0.2) is 4.39 Å². The summed E-state index contributed by atoms with van der Waals surface area (Å²) in [5.41, 5.74) is 3.82. The van der Waals surface area contributed by atoms with Gasteiger partial charge in [-0.3, -0.25) is 4.79 Å². The number of nitrogens with zero attached hydrogens (tertiary/aromatic N) is 1. The molecule has 0 aliphatic heterocycles. The maximum atomic E-state index is 13.6. The second-order valence-electron chi connectivity index (χ2n) is 6.05. The molecule has 25 heavy (non-hydrogen) atoms. The lowest BCUT2D eigenvalue weighted by atomic mass is 10.1. The maximum absolute atomic E-state index is 13.6. The van der Waals surface area contributed by atoms with Crippen molar-refractivity contribution in [3.8, 4) is 5.69 Å². The number of esters is 1. The largest absolute Gasteiger partial charge is 0.469 e. The Morgan fingerprint density at radius 1 is 1.24 bits per heavy atom. The number of methoxy groups -OCH3 is 1. The van der Waals surface area contributed by atoms with Gasteiger partial charge in [0, 0.05) is 27.3 Å². The van der Waals surface area contributed by atoms with E-state index in [1.165, 1.54) is 24.1 Å². The van der Waals surface area contributed by atoms with Crippen molar-refractivity contribution in [2.24, 2.45) is 0 Å². The first-order valence-electron chi connectivity index (χ1n) is 8.12. The van der Waals surface area contributed by atoms with Crippen LogP contribution < -0.4 is 0 Å². The van der Waals surface area contributed by atoms with Crippen molar-refractivity contribution in [2.45, 2.75) is 26.2 Å². The Bertz CT molecular complexity index is 933. The number of halogens is 2. The highest BCUT2D eigenvalue weighted by Gasteiger charge is 2.12. The molecular weight excluding hydrogens is 432 g/mol. The molecule has 2 aromatic carbocycles. The first-order chi connectivity index (χ1) is 12.0. The molecule has 3 nitrogen and oxygen atoms in total. The standard InChI is InChI=1S/C20H19FINO2/c1-13-10-16(7-8-18(13)21)23-12-14(4-3-5-20(24)25-2)17-11-15(22)6-9-19(17)23/h6-12H,3-5H2,1-2H3. The Balaban J connectivity index is 2.01. The quantitative estimate of drug-likeness (QED) is 0.396. The van der Waals surface area contributed by atoms with E-state index in [-0.39, 0.29) is 11.8 Å². The van der Waals surface area contributed by atoms with Crippen molar-refractivity contribution < 1.29 is 13.9 Å². The smallest absolute Gasteiger partial charge is 0.305 e. The van der Waals surface area contributed by atoms with E-state index in [4.69, 9.17) is 4.74 Å². The summed E-state index contributed by atoms with van der Waals surface area (Å²) in [6.07, 6.45) is 4.02. The van der Waals surface area contributed by atoms with E-state index in [1.54, 1.807) is 13.0 Å². The van der Waals surface area contributed by atoms with E-state index in [9.17, 15) is 9.18 Å². The van der Waals surface area contributed by atoms with E-state index in [1.807, 2.05) is 6.07 Å². The molecule has 0 spiro atoms. The highest BCUT2D eigenvalue weighted by molar-refractivity contribution is 14.1. The predicted molar refractivity (Wildman–Crippen MR) is 106 cm³/mol. The molecule has 0 bridgehead atoms. The number of aromatic nitrogens is 1. The summed E-state index contributed by atoms with van der Waals surface area (Å²) in [5, 5.41) is 1.17. The molecule has 3 aromatic rings. The number of carbonyl (C=O) groups excluding carboxylic acids is 1. The van der Waals surface area contributed by atoms with Crippen molar-refractivity contribution in [3.05, 3.63) is 63.1 Å². The number of hydrogen-bond donors (Lipinski definition) is 0. The number of aryl methyl sites for hydroxylation is 2. The van der Waals surface area contributed by atoms with Gasteiger partial charge in [0.25, 0.3) is 0 Å². The average molecular weight is 451 g/mol. The van der Waals surface area contributed by atoms with Crippen molar-refractivity contribution in [1.29, 1.82) is 0 Å². The fourth-order valence-electron chi connectivity index (χ4n) is 2.99. The van der Waals surface area contributed by atoms with Gasteiger partial charge < -0.3 is 9.30 Å². The van der Waals surface area contributed by atoms with Crippen LogP contribution in [0.3, 0.4) is 0 Å². The second-order valence-corrected chi connectivity index (χ2v) is 7.29. The molecule has 0 N–H and O–H groups in total. The average Bonchev–Trinajstić information content (AvgIpc) is 2.95. The predicted octanol–water partition coefficient (Wildman–Crippen LogP) is 5.18. The van der Waals surface area contributed by atoms with Gasteiger partial charge in [0.2, 0.25) is 0 Å². The fraction of sp³-hybridized carbons (Fsp3) is 0.250. The van der Waals surface area contributed by atoms with E-state index < -0.39 is 0 Å². The molecule has 0 atom stereocenters. The molecule has 1 heterocycles. The third-order valence-corrected chi connectivity index (χ3v) is 4.99. The summed E-state index contributed by atoms with van der Waals surface area (Å²) in [5.74, 6) is -0.388. The van der Waals surface area contributed by atoms with Crippen LogP contribution in [-0.2, 0) is 16.0 Å². The van der Waals surface area contributed by atoms with Crippen molar-refractivity contribution >= 4 is 39.5 Å². The molecule has 1 aromatic heterocycles. The lowest BCUT2D eigenvalue weighted by Gasteiger charge is -2.07. The van der Waals surface area contributed by atoms with Crippen LogP contribution in [-0.4, -0.2) is 17.6 Å². The zero-order valence-electron chi connectivity index (χ0n) is 14.2. The van der Waals surface area contributed by atoms with Crippen molar-refractivity contribution in [1.82, 2.24) is 4.57 Å². The Kier molecular flexibility index (Phi) is 5.42. The first kappa shape index (κ1) is 17.9. The van der Waals surface area contributed by atoms with E-state index in [0.717, 1.165) is 27.6 Å². The van der Waals surface area contributed by atoms with E-state index >= 15 is 0 Å². The molecule has 0 fully saturated rings. The summed E-state index contributed by atoms with van der Waals surface area (Å²) < 4.78 is 21.6. The maximum Gasteiger partial charge on any atom is 0.305 e. The summed E-state index contributed by atoms with van der Waals surface area (Å²) in [6, 6.07) is 11.4. The third kappa shape index (κ3) is 3.86. The van der Waals surface area contributed by atoms with Gasteiger partial charge >= 0.3 is 5.97 Å². The lowest BCUT2D eigenvalue weighted by molar-refractivity contribution is -0.140. The third-order valence-electron chi connectivity index (χ3n) is 4.32. The zero-order chi connectivity index (χ0) is 18.0. The molecule has 5 heteroatoms. The van der Waals surface area contributed by atoms with Crippen LogP contribution in [0.15, 0.2) is 42.6 Å². The molecule has 0 saturated heterocycles. The van der Waals surface area contributed by atoms with Gasteiger partial charge in [-0.2, -0.15) is 0 Å². The van der Waals surface area contributed by atoms with Crippen LogP contribution in [0.2, 0.25) is 0 Å². The number of benzene rings is 2. The molecule has 0 unspecified atom stereocenters. The fourth-order valence-corrected chi connectivity index (χ4v) is 3.48. The Morgan fingerprint density at radius 3 is 2.76 bits per heavy atom. The molecule has 0 aliphatic rings. The normalized spacial score (nSPS) is 11.0. The van der Waals surface area contributed by atoms with Gasteiger partial charge in [0.1, 0.15) is 5.82 Å². The summed E-state index contributed by atoms with van der Waals surface area (Å²) in [7, 11) is 1.41. The van der Waals surface area contributed by atoms with Gasteiger partial charge in [0.05, 0.1) is 12.6 Å². The van der Waals surface area contributed by atoms with E-state index in [2.05, 4.69) is 51.6 Å². The van der Waals surface area contributed by atoms with Crippen LogP contribution in [0.4, 0.5) is 4.39 Å². The minimum absolute atomic E-state index is 0.188. The number of carbonyl (C=O) groups is 1. The summed E-state index contributed by atoms with van der Waals surface area (Å²) >= 11 is 2.30. The molecule has 0 aliphatic carbocycles. The van der Waals surface area contributed by atoms with E-state index in [0.29, 0.717) is 12.0 Å². The zero-order valence-corrected chi connectivity index (χ0v) is 16.3. The Hall–Kier alpha value is -1.89. The minimum Gasteiger partial charge on any atom is -0.469 e. The summed E-state index contributed by atoms with van der Waals surface area (Å²) in [4.78, 5) is 11.4. The molecular formula is C20H19FINO2. The van der Waals surface area contributed by atoms with Crippen LogP contribution in [0.1, 0.15) is 24.0 Å². The van der Waals surface area contributed by atoms with Gasteiger partial charge in [0.15, 0.2) is 0 Å². The first-order valence-corrected chi connectivity index (χ1v) is 9.20. The highest BCUT2D eigenvalue weighted by atomic mass is 127. The number of rotatable bonds is 5. The van der Waals surface area contributed by atoms with Crippen LogP contribution >= 0.6 is 22.6 Å². The number of hydrogen-bond acceptors (Lipinski definition) is 2. The highest BCUT2D eigenvalue weighted by Crippen LogP contribution is 2.28. The monoisotopic (exact) mass is 451 g/mol.